The van der Waals surface area contributed by atoms with E-state index in [0.717, 1.165) is 12.8 Å². The molecule has 0 saturated carbocycles. The summed E-state index contributed by atoms with van der Waals surface area (Å²) in [5.41, 5.74) is 8.63. The van der Waals surface area contributed by atoms with Crippen LogP contribution in [-0.4, -0.2) is 0 Å². The Morgan fingerprint density at radius 3 is 1.89 bits per heavy atom. The quantitative estimate of drug-likeness (QED) is 0.114. The highest BCUT2D eigenvalue weighted by molar-refractivity contribution is 6.03. The lowest BCUT2D eigenvalue weighted by Crippen LogP contribution is -1.93. The molecule has 0 fully saturated rings. The van der Waals surface area contributed by atoms with Gasteiger partial charge in [0.15, 0.2) is 0 Å². The van der Waals surface area contributed by atoms with Gasteiger partial charge in [-0.15, -0.1) is 6.58 Å². The first-order valence-corrected chi connectivity index (χ1v) is 14.3. The van der Waals surface area contributed by atoms with Crippen LogP contribution < -0.4 is 0 Å². The second-order valence-electron chi connectivity index (χ2n) is 9.83. The second-order valence-corrected chi connectivity index (χ2v) is 9.83. The smallest absolute Gasteiger partial charge is 0.000455 e. The van der Waals surface area contributed by atoms with Crippen LogP contribution in [0.3, 0.4) is 0 Å². The molecular weight excluding hydrogens is 444 g/mol. The Bertz CT molecular complexity index is 1270. The fraction of sp³-hybridized carbons (Fsp3) is 0.405. The van der Waals surface area contributed by atoms with E-state index < -0.39 is 0 Å². The number of rotatable bonds is 8. The molecule has 1 aliphatic carbocycles. The largest absolute Gasteiger partial charge is 0.103 e. The number of unbranched alkanes of at least 4 members (excludes halogenated alkanes) is 6. The zero-order valence-electron chi connectivity index (χ0n) is 23.4. The standard InChI is InChI=1S/C25H20.C9H20.C2H6.CH4/c1-3-6-17-9-11-21-22-12-10-20-13-18-7-4-5-8-19(18)14-24(20)25(22)15-23(21)16(17)2;1-3-5-7-9-8-6-4-2;1-2;/h3-5,7-14H,1,6,15H2,2H3;3-9H2,1-2H3;1-2H3;1H4. The molecule has 0 heterocycles. The van der Waals surface area contributed by atoms with Gasteiger partial charge in [0.2, 0.25) is 0 Å². The predicted octanol–water partition coefficient (Wildman–Crippen LogP) is 12.0. The van der Waals surface area contributed by atoms with Crippen LogP contribution in [0.25, 0.3) is 32.7 Å². The number of hydrogen-bond acceptors (Lipinski definition) is 0. The van der Waals surface area contributed by atoms with Crippen molar-refractivity contribution in [1.29, 1.82) is 0 Å². The summed E-state index contributed by atoms with van der Waals surface area (Å²) in [5, 5.41) is 5.38. The minimum atomic E-state index is 0. The van der Waals surface area contributed by atoms with Gasteiger partial charge in [-0.25, -0.2) is 0 Å². The first-order chi connectivity index (χ1) is 17.7. The molecule has 0 atom stereocenters. The molecule has 0 nitrogen and oxygen atoms in total. The Labute approximate surface area is 227 Å². The van der Waals surface area contributed by atoms with Gasteiger partial charge in [0, 0.05) is 0 Å². The van der Waals surface area contributed by atoms with Crippen molar-refractivity contribution >= 4 is 21.5 Å². The minimum Gasteiger partial charge on any atom is -0.103 e. The summed E-state index contributed by atoms with van der Waals surface area (Å²) in [4.78, 5) is 0. The molecule has 0 amide bonds. The van der Waals surface area contributed by atoms with Crippen molar-refractivity contribution in [2.45, 2.75) is 99.8 Å². The first kappa shape index (κ1) is 30.4. The van der Waals surface area contributed by atoms with Crippen LogP contribution in [0.5, 0.6) is 0 Å². The fourth-order valence-electron chi connectivity index (χ4n) is 5.39. The van der Waals surface area contributed by atoms with E-state index in [9.17, 15) is 0 Å². The molecule has 1 aliphatic rings. The summed E-state index contributed by atoms with van der Waals surface area (Å²) in [6.45, 7) is 14.7. The van der Waals surface area contributed by atoms with E-state index in [-0.39, 0.29) is 7.43 Å². The van der Waals surface area contributed by atoms with Crippen LogP contribution in [0.4, 0.5) is 0 Å². The van der Waals surface area contributed by atoms with E-state index in [0.29, 0.717) is 0 Å². The predicted molar refractivity (Wildman–Crippen MR) is 170 cm³/mol. The summed E-state index contributed by atoms with van der Waals surface area (Å²) >= 11 is 0. The van der Waals surface area contributed by atoms with Crippen molar-refractivity contribution in [2.24, 2.45) is 0 Å². The van der Waals surface area contributed by atoms with Crippen LogP contribution in [0, 0.1) is 6.92 Å². The van der Waals surface area contributed by atoms with Gasteiger partial charge in [0.05, 0.1) is 0 Å². The zero-order chi connectivity index (χ0) is 25.9. The van der Waals surface area contributed by atoms with Gasteiger partial charge in [-0.3, -0.25) is 0 Å². The van der Waals surface area contributed by atoms with Gasteiger partial charge in [-0.2, -0.15) is 0 Å². The fourth-order valence-corrected chi connectivity index (χ4v) is 5.39. The third-order valence-electron chi connectivity index (χ3n) is 7.42. The molecule has 0 aromatic heterocycles. The van der Waals surface area contributed by atoms with Gasteiger partial charge < -0.3 is 0 Å². The van der Waals surface area contributed by atoms with Crippen LogP contribution in [0.1, 0.15) is 102 Å². The molecular formula is C37H50. The molecule has 0 spiro atoms. The number of allylic oxidation sites excluding steroid dienone is 1. The lowest BCUT2D eigenvalue weighted by molar-refractivity contribution is 0.602. The summed E-state index contributed by atoms with van der Waals surface area (Å²) in [6, 6.07) is 22.5. The Balaban J connectivity index is 0.000000346. The molecule has 0 radical (unpaired) electrons. The average Bonchev–Trinajstić information content (AvgIpc) is 3.31. The average molecular weight is 495 g/mol. The zero-order valence-corrected chi connectivity index (χ0v) is 23.4. The van der Waals surface area contributed by atoms with Gasteiger partial charge in [0.1, 0.15) is 0 Å². The van der Waals surface area contributed by atoms with E-state index in [4.69, 9.17) is 0 Å². The van der Waals surface area contributed by atoms with Crippen molar-refractivity contribution in [2.75, 3.05) is 0 Å². The molecule has 0 unspecified atom stereocenters. The molecule has 0 aliphatic heterocycles. The molecule has 0 heteroatoms. The van der Waals surface area contributed by atoms with Gasteiger partial charge in [-0.05, 0) is 86.8 Å². The third-order valence-corrected chi connectivity index (χ3v) is 7.42. The number of fused-ring (bicyclic) bond motifs is 6. The Morgan fingerprint density at radius 2 is 1.27 bits per heavy atom. The molecule has 0 bridgehead atoms. The van der Waals surface area contributed by atoms with Gasteiger partial charge in [-0.1, -0.05) is 135 Å². The van der Waals surface area contributed by atoms with E-state index in [1.54, 1.807) is 0 Å². The Hall–Kier alpha value is -2.86. The summed E-state index contributed by atoms with van der Waals surface area (Å²) in [6.07, 6.45) is 14.0. The highest BCUT2D eigenvalue weighted by Gasteiger charge is 2.23. The number of benzene rings is 4. The monoisotopic (exact) mass is 494 g/mol. The molecule has 4 aromatic carbocycles. The SMILES string of the molecule is C.C=CCc1ccc2c(c1C)Cc1c-2ccc2cc3ccccc3cc12.CC.CCCCCCCCC. The second kappa shape index (κ2) is 15.4. The van der Waals surface area contributed by atoms with Crippen LogP contribution in [0.2, 0.25) is 0 Å². The summed E-state index contributed by atoms with van der Waals surface area (Å²) in [7, 11) is 0. The van der Waals surface area contributed by atoms with Gasteiger partial charge >= 0.3 is 0 Å². The highest BCUT2D eigenvalue weighted by Crippen LogP contribution is 2.43. The Kier molecular flexibility index (Phi) is 12.6. The topological polar surface area (TPSA) is 0 Å². The number of hydrogen-bond donors (Lipinski definition) is 0. The first-order valence-electron chi connectivity index (χ1n) is 14.3. The van der Waals surface area contributed by atoms with Gasteiger partial charge in [0.25, 0.3) is 0 Å². The molecule has 0 N–H and O–H groups in total. The van der Waals surface area contributed by atoms with Crippen molar-refractivity contribution in [3.05, 3.63) is 95.6 Å². The van der Waals surface area contributed by atoms with Crippen molar-refractivity contribution in [3.63, 3.8) is 0 Å². The molecule has 4 aromatic rings. The maximum atomic E-state index is 3.90. The molecule has 0 saturated heterocycles. The summed E-state index contributed by atoms with van der Waals surface area (Å²) < 4.78 is 0. The maximum absolute atomic E-state index is 3.90. The minimum absolute atomic E-state index is 0. The van der Waals surface area contributed by atoms with Crippen LogP contribution >= 0.6 is 0 Å². The van der Waals surface area contributed by atoms with Crippen molar-refractivity contribution in [3.8, 4) is 11.1 Å². The van der Waals surface area contributed by atoms with E-state index >= 15 is 0 Å². The molecule has 37 heavy (non-hydrogen) atoms. The normalized spacial score (nSPS) is 10.9. The molecule has 5 rings (SSSR count). The van der Waals surface area contributed by atoms with Crippen molar-refractivity contribution < 1.29 is 0 Å². The van der Waals surface area contributed by atoms with E-state index in [2.05, 4.69) is 88.0 Å². The summed E-state index contributed by atoms with van der Waals surface area (Å²) in [5.74, 6) is 0. The molecule has 198 valence electrons. The highest BCUT2D eigenvalue weighted by atomic mass is 14.3. The lowest BCUT2D eigenvalue weighted by Gasteiger charge is -2.09. The maximum Gasteiger partial charge on any atom is -0.000455 e. The van der Waals surface area contributed by atoms with Crippen LogP contribution in [-0.2, 0) is 12.8 Å². The van der Waals surface area contributed by atoms with Crippen LogP contribution in [0.15, 0.2) is 73.3 Å². The van der Waals surface area contributed by atoms with E-state index in [1.165, 1.54) is 99.9 Å². The van der Waals surface area contributed by atoms with E-state index in [1.807, 2.05) is 19.9 Å². The lowest BCUT2D eigenvalue weighted by atomic mass is 9.95. The Morgan fingerprint density at radius 1 is 0.703 bits per heavy atom. The van der Waals surface area contributed by atoms with Crippen molar-refractivity contribution in [1.82, 2.24) is 0 Å². The third kappa shape index (κ3) is 7.13.